The minimum Gasteiger partial charge on any atom is -0.382 e. The van der Waals surface area contributed by atoms with Crippen LogP contribution >= 0.6 is 0 Å². The summed E-state index contributed by atoms with van der Waals surface area (Å²) in [5, 5.41) is 6.49. The molecular formula is C20H26F4N6O2. The van der Waals surface area contributed by atoms with Crippen LogP contribution in [0.3, 0.4) is 0 Å². The maximum absolute atomic E-state index is 13.9. The van der Waals surface area contributed by atoms with Crippen LogP contribution in [-0.2, 0) is 4.74 Å². The van der Waals surface area contributed by atoms with Gasteiger partial charge in [-0.05, 0) is 24.8 Å². The van der Waals surface area contributed by atoms with Gasteiger partial charge >= 0.3 is 6.03 Å². The van der Waals surface area contributed by atoms with Crippen molar-refractivity contribution in [2.24, 2.45) is 11.7 Å². The number of alkyl halides is 4. The van der Waals surface area contributed by atoms with Crippen LogP contribution in [0.5, 0.6) is 0 Å². The highest BCUT2D eigenvalue weighted by molar-refractivity contribution is 5.76. The van der Waals surface area contributed by atoms with E-state index in [1.54, 1.807) is 12.3 Å². The Morgan fingerprint density at radius 2 is 2.00 bits per heavy atom. The smallest absolute Gasteiger partial charge is 0.318 e. The molecule has 1 aliphatic heterocycles. The minimum absolute atomic E-state index is 0.00921. The molecule has 12 heteroatoms. The molecule has 1 aliphatic carbocycles. The predicted octanol–water partition coefficient (Wildman–Crippen LogP) is 2.90. The van der Waals surface area contributed by atoms with Crippen molar-refractivity contribution in [2.75, 3.05) is 26.8 Å². The highest BCUT2D eigenvalue weighted by Gasteiger charge is 2.42. The van der Waals surface area contributed by atoms with Crippen molar-refractivity contribution < 1.29 is 27.1 Å². The second kappa shape index (κ2) is 8.47. The molecule has 2 amide bonds. The first-order valence-corrected chi connectivity index (χ1v) is 10.5. The third-order valence-electron chi connectivity index (χ3n) is 6.22. The van der Waals surface area contributed by atoms with E-state index in [9.17, 15) is 22.4 Å². The molecule has 176 valence electrons. The van der Waals surface area contributed by atoms with Crippen molar-refractivity contribution in [3.05, 3.63) is 29.7 Å². The Morgan fingerprint density at radius 3 is 2.69 bits per heavy atom. The number of halogens is 4. The van der Waals surface area contributed by atoms with Crippen LogP contribution in [0.15, 0.2) is 18.5 Å². The van der Waals surface area contributed by atoms with Crippen molar-refractivity contribution in [1.29, 1.82) is 0 Å². The zero-order valence-electron chi connectivity index (χ0n) is 17.6. The third kappa shape index (κ3) is 4.65. The standard InChI is InChI=1S/C20H26F4N6O2/c1-32-9-15(29-11-20(23,24)10-26-18(29)31)13-6-16-28-14(8-30(16)27-7-13)17(25)12-2-4-19(21,22)5-3-12/h6-8,12,15,17H,2-5,9-11,25H2,1H3,(H,26,31)/t15-,17+/m1/s1. The lowest BCUT2D eigenvalue weighted by Gasteiger charge is -2.38. The number of hydrogen-bond acceptors (Lipinski definition) is 5. The van der Waals surface area contributed by atoms with Crippen LogP contribution in [-0.4, -0.2) is 64.2 Å². The van der Waals surface area contributed by atoms with Gasteiger partial charge in [-0.2, -0.15) is 5.10 Å². The average molecular weight is 458 g/mol. The number of amides is 2. The maximum atomic E-state index is 13.9. The molecule has 32 heavy (non-hydrogen) atoms. The highest BCUT2D eigenvalue weighted by atomic mass is 19.3. The number of fused-ring (bicyclic) bond motifs is 1. The van der Waals surface area contributed by atoms with Crippen molar-refractivity contribution in [2.45, 2.75) is 49.6 Å². The van der Waals surface area contributed by atoms with Gasteiger partial charge in [0.1, 0.15) is 0 Å². The van der Waals surface area contributed by atoms with E-state index in [4.69, 9.17) is 10.5 Å². The zero-order chi connectivity index (χ0) is 23.1. The summed E-state index contributed by atoms with van der Waals surface area (Å²) in [6.45, 7) is -1.46. The number of urea groups is 1. The van der Waals surface area contributed by atoms with E-state index in [1.807, 2.05) is 0 Å². The van der Waals surface area contributed by atoms with Gasteiger partial charge in [0.15, 0.2) is 5.65 Å². The lowest BCUT2D eigenvalue weighted by atomic mass is 9.81. The molecule has 0 spiro atoms. The summed E-state index contributed by atoms with van der Waals surface area (Å²) in [5.41, 5.74) is 7.74. The molecule has 2 aromatic rings. The number of rotatable bonds is 6. The summed E-state index contributed by atoms with van der Waals surface area (Å²) in [5.74, 6) is -5.82. The first kappa shape index (κ1) is 22.7. The number of ether oxygens (including phenoxy) is 1. The normalized spacial score (nSPS) is 23.2. The van der Waals surface area contributed by atoms with E-state index in [0.717, 1.165) is 4.90 Å². The number of carbonyl (C=O) groups is 1. The average Bonchev–Trinajstić information content (AvgIpc) is 3.17. The number of nitrogens with one attached hydrogen (secondary N) is 1. The lowest BCUT2D eigenvalue weighted by Crippen LogP contribution is -2.58. The molecule has 2 aromatic heterocycles. The van der Waals surface area contributed by atoms with E-state index in [2.05, 4.69) is 15.4 Å². The molecule has 0 radical (unpaired) electrons. The summed E-state index contributed by atoms with van der Waals surface area (Å²) in [6, 6.07) is -0.282. The summed E-state index contributed by atoms with van der Waals surface area (Å²) in [6.07, 6.45) is 3.35. The van der Waals surface area contributed by atoms with Gasteiger partial charge in [0.25, 0.3) is 5.92 Å². The van der Waals surface area contributed by atoms with Crippen LogP contribution in [0.2, 0.25) is 0 Å². The Balaban J connectivity index is 1.58. The molecule has 2 fully saturated rings. The fraction of sp³-hybridized carbons (Fsp3) is 0.650. The van der Waals surface area contributed by atoms with Gasteiger partial charge in [0.05, 0.1) is 49.9 Å². The Morgan fingerprint density at radius 1 is 1.28 bits per heavy atom. The second-order valence-corrected chi connectivity index (χ2v) is 8.59. The second-order valence-electron chi connectivity index (χ2n) is 8.59. The molecule has 1 saturated carbocycles. The number of nitrogens with two attached hydrogens (primary N) is 1. The molecule has 3 N–H and O–H groups in total. The van der Waals surface area contributed by atoms with E-state index in [0.29, 0.717) is 29.7 Å². The summed E-state index contributed by atoms with van der Waals surface area (Å²) < 4.78 is 61.4. The molecule has 1 saturated heterocycles. The van der Waals surface area contributed by atoms with Crippen molar-refractivity contribution >= 4 is 11.7 Å². The molecular weight excluding hydrogens is 432 g/mol. The van der Waals surface area contributed by atoms with Crippen molar-refractivity contribution in [3.8, 4) is 0 Å². The SMILES string of the molecule is COC[C@H](c1cnn2cc([C@@H](N)C3CCC(F)(F)CC3)nc2c1)N1CC(F)(F)CNC1=O. The quantitative estimate of drug-likeness (QED) is 0.649. The van der Waals surface area contributed by atoms with E-state index in [1.165, 1.54) is 17.8 Å². The van der Waals surface area contributed by atoms with E-state index >= 15 is 0 Å². The minimum atomic E-state index is -3.07. The molecule has 2 aliphatic rings. The third-order valence-corrected chi connectivity index (χ3v) is 6.22. The number of methoxy groups -OCH3 is 1. The zero-order valence-corrected chi connectivity index (χ0v) is 17.6. The predicted molar refractivity (Wildman–Crippen MR) is 106 cm³/mol. The first-order chi connectivity index (χ1) is 15.1. The van der Waals surface area contributed by atoms with Gasteiger partial charge in [-0.3, -0.25) is 0 Å². The Kier molecular flexibility index (Phi) is 6.01. The van der Waals surface area contributed by atoms with Gasteiger partial charge in [0.2, 0.25) is 5.92 Å². The molecule has 8 nitrogen and oxygen atoms in total. The van der Waals surface area contributed by atoms with Crippen LogP contribution < -0.4 is 11.1 Å². The van der Waals surface area contributed by atoms with Crippen LogP contribution in [0.1, 0.15) is 49.0 Å². The topological polar surface area (TPSA) is 97.8 Å². The lowest BCUT2D eigenvalue weighted by molar-refractivity contribution is -0.0510. The van der Waals surface area contributed by atoms with Crippen molar-refractivity contribution in [1.82, 2.24) is 24.8 Å². The van der Waals surface area contributed by atoms with Gasteiger partial charge in [0, 0.05) is 25.5 Å². The highest BCUT2D eigenvalue weighted by Crippen LogP contribution is 2.40. The number of hydrogen-bond donors (Lipinski definition) is 2. The van der Waals surface area contributed by atoms with E-state index < -0.39 is 43.0 Å². The fourth-order valence-electron chi connectivity index (χ4n) is 4.37. The number of imidazole rings is 1. The number of nitrogens with zero attached hydrogens (tertiary/aromatic N) is 4. The molecule has 3 heterocycles. The summed E-state index contributed by atoms with van der Waals surface area (Å²) in [7, 11) is 1.42. The molecule has 2 atom stereocenters. The van der Waals surface area contributed by atoms with Crippen molar-refractivity contribution in [3.63, 3.8) is 0 Å². The molecule has 4 rings (SSSR count). The molecule has 0 bridgehead atoms. The Hall–Kier alpha value is -2.47. The Labute approximate surface area is 182 Å². The van der Waals surface area contributed by atoms with Crippen LogP contribution in [0.4, 0.5) is 22.4 Å². The Bertz CT molecular complexity index is 974. The summed E-state index contributed by atoms with van der Waals surface area (Å²) in [4.78, 5) is 17.8. The molecule has 0 unspecified atom stereocenters. The molecule has 0 aromatic carbocycles. The van der Waals surface area contributed by atoms with E-state index in [-0.39, 0.29) is 25.4 Å². The van der Waals surface area contributed by atoms with Crippen LogP contribution in [0.25, 0.3) is 5.65 Å². The van der Waals surface area contributed by atoms with Gasteiger partial charge < -0.3 is 20.7 Å². The van der Waals surface area contributed by atoms with Gasteiger partial charge in [-0.15, -0.1) is 0 Å². The summed E-state index contributed by atoms with van der Waals surface area (Å²) >= 11 is 0. The maximum Gasteiger partial charge on any atom is 0.318 e. The number of carbonyl (C=O) groups excluding carboxylic acids is 1. The number of aromatic nitrogens is 3. The monoisotopic (exact) mass is 458 g/mol. The fourth-order valence-corrected chi connectivity index (χ4v) is 4.37. The first-order valence-electron chi connectivity index (χ1n) is 10.5. The largest absolute Gasteiger partial charge is 0.382 e. The van der Waals surface area contributed by atoms with Gasteiger partial charge in [-0.25, -0.2) is 31.9 Å². The van der Waals surface area contributed by atoms with Crippen LogP contribution in [0, 0.1) is 5.92 Å². The van der Waals surface area contributed by atoms with Gasteiger partial charge in [-0.1, -0.05) is 0 Å².